The zero-order chi connectivity index (χ0) is 21.7. The van der Waals surface area contributed by atoms with Crippen molar-refractivity contribution in [3.05, 3.63) is 48.4 Å². The van der Waals surface area contributed by atoms with Crippen molar-refractivity contribution >= 4 is 17.4 Å². The largest absolute Gasteiger partial charge is 0.340 e. The van der Waals surface area contributed by atoms with Crippen LogP contribution in [0, 0.1) is 11.6 Å². The SMILES string of the molecule is CC[C@@H]1C(=O)N(C)c2cnc(-n3ccnc3-c3ccc(F)c(F)c3)nc2N1C1CCC1. The molecule has 2 aliphatic rings. The summed E-state index contributed by atoms with van der Waals surface area (Å²) in [6.07, 6.45) is 8.76. The van der Waals surface area contributed by atoms with Crippen molar-refractivity contribution in [2.75, 3.05) is 16.8 Å². The van der Waals surface area contributed by atoms with E-state index in [4.69, 9.17) is 4.98 Å². The number of benzene rings is 1. The number of imidazole rings is 1. The highest BCUT2D eigenvalue weighted by molar-refractivity contribution is 6.04. The highest BCUT2D eigenvalue weighted by atomic mass is 19.2. The lowest BCUT2D eigenvalue weighted by atomic mass is 9.88. The Balaban J connectivity index is 1.62. The van der Waals surface area contributed by atoms with Crippen LogP contribution in [0.5, 0.6) is 0 Å². The molecule has 0 N–H and O–H groups in total. The Morgan fingerprint density at radius 1 is 1.16 bits per heavy atom. The number of hydrogen-bond donors (Lipinski definition) is 0. The first-order chi connectivity index (χ1) is 15.0. The summed E-state index contributed by atoms with van der Waals surface area (Å²) in [5.41, 5.74) is 1.08. The predicted molar refractivity (Wildman–Crippen MR) is 112 cm³/mol. The Kier molecular flexibility index (Phi) is 4.68. The number of aromatic nitrogens is 4. The van der Waals surface area contributed by atoms with Gasteiger partial charge in [0.25, 0.3) is 0 Å². The van der Waals surface area contributed by atoms with E-state index in [1.807, 2.05) is 6.92 Å². The monoisotopic (exact) mass is 424 g/mol. The molecule has 1 atom stereocenters. The third-order valence-electron chi connectivity index (χ3n) is 6.18. The van der Waals surface area contributed by atoms with Crippen LogP contribution in [-0.4, -0.2) is 44.6 Å². The molecule has 9 heteroatoms. The first-order valence-electron chi connectivity index (χ1n) is 10.4. The maximum atomic E-state index is 13.8. The minimum atomic E-state index is -0.944. The Morgan fingerprint density at radius 3 is 2.65 bits per heavy atom. The summed E-state index contributed by atoms with van der Waals surface area (Å²) in [5, 5.41) is 0. The molecule has 5 rings (SSSR count). The molecule has 0 spiro atoms. The van der Waals surface area contributed by atoms with Crippen LogP contribution in [0.4, 0.5) is 20.3 Å². The molecule has 1 aliphatic heterocycles. The zero-order valence-electron chi connectivity index (χ0n) is 17.3. The summed E-state index contributed by atoms with van der Waals surface area (Å²) in [6, 6.07) is 3.65. The average molecular weight is 424 g/mol. The van der Waals surface area contributed by atoms with Crippen molar-refractivity contribution in [1.82, 2.24) is 19.5 Å². The second kappa shape index (κ2) is 7.40. The number of rotatable bonds is 4. The van der Waals surface area contributed by atoms with Gasteiger partial charge in [-0.15, -0.1) is 0 Å². The normalized spacial score (nSPS) is 18.8. The highest BCUT2D eigenvalue weighted by Gasteiger charge is 2.42. The predicted octanol–water partition coefficient (Wildman–Crippen LogP) is 3.72. The topological polar surface area (TPSA) is 67.2 Å². The van der Waals surface area contributed by atoms with Crippen molar-refractivity contribution in [1.29, 1.82) is 0 Å². The number of fused-ring (bicyclic) bond motifs is 1. The maximum absolute atomic E-state index is 13.8. The quantitative estimate of drug-likeness (QED) is 0.639. The number of carbonyl (C=O) groups excluding carboxylic acids is 1. The molecular weight excluding hydrogens is 402 g/mol. The third kappa shape index (κ3) is 3.07. The van der Waals surface area contributed by atoms with Gasteiger partial charge < -0.3 is 9.80 Å². The van der Waals surface area contributed by atoms with Gasteiger partial charge in [0.05, 0.1) is 6.20 Å². The van der Waals surface area contributed by atoms with Crippen LogP contribution in [-0.2, 0) is 4.79 Å². The van der Waals surface area contributed by atoms with E-state index < -0.39 is 11.6 Å². The van der Waals surface area contributed by atoms with Crippen molar-refractivity contribution in [3.63, 3.8) is 0 Å². The number of anilines is 2. The van der Waals surface area contributed by atoms with E-state index in [0.29, 0.717) is 35.3 Å². The minimum absolute atomic E-state index is 0.0448. The van der Waals surface area contributed by atoms with Crippen LogP contribution in [0.2, 0.25) is 0 Å². The van der Waals surface area contributed by atoms with Crippen molar-refractivity contribution in [3.8, 4) is 17.3 Å². The van der Waals surface area contributed by atoms with Crippen molar-refractivity contribution in [2.24, 2.45) is 0 Å². The molecule has 0 radical (unpaired) electrons. The molecule has 0 unspecified atom stereocenters. The second-order valence-electron chi connectivity index (χ2n) is 7.94. The number of carbonyl (C=O) groups is 1. The van der Waals surface area contributed by atoms with Gasteiger partial charge in [-0.25, -0.2) is 18.7 Å². The van der Waals surface area contributed by atoms with Gasteiger partial charge in [0.1, 0.15) is 17.6 Å². The molecule has 1 aromatic carbocycles. The molecule has 0 bridgehead atoms. The van der Waals surface area contributed by atoms with Crippen LogP contribution in [0.3, 0.4) is 0 Å². The number of likely N-dealkylation sites (N-methyl/N-ethyl adjacent to an activating group) is 1. The van der Waals surface area contributed by atoms with Gasteiger partial charge in [0, 0.05) is 31.0 Å². The van der Waals surface area contributed by atoms with E-state index in [2.05, 4.69) is 14.9 Å². The lowest BCUT2D eigenvalue weighted by Gasteiger charge is -2.47. The fourth-order valence-electron chi connectivity index (χ4n) is 4.29. The molecule has 160 valence electrons. The molecule has 2 aromatic heterocycles. The molecule has 1 saturated carbocycles. The zero-order valence-corrected chi connectivity index (χ0v) is 17.3. The van der Waals surface area contributed by atoms with Crippen molar-refractivity contribution in [2.45, 2.75) is 44.7 Å². The van der Waals surface area contributed by atoms with Crippen molar-refractivity contribution < 1.29 is 13.6 Å². The second-order valence-corrected chi connectivity index (χ2v) is 7.94. The van der Waals surface area contributed by atoms with Gasteiger partial charge in [-0.05, 0) is 43.9 Å². The molecule has 1 amide bonds. The van der Waals surface area contributed by atoms with Gasteiger partial charge in [-0.2, -0.15) is 4.98 Å². The first kappa shape index (κ1) is 19.6. The third-order valence-corrected chi connectivity index (χ3v) is 6.18. The van der Waals surface area contributed by atoms with Gasteiger partial charge in [-0.1, -0.05) is 6.92 Å². The standard InChI is InChI=1S/C22H22F2N6O/c1-3-17-21(31)28(2)18-12-26-22(27-20(18)30(17)14-5-4-6-14)29-10-9-25-19(29)13-7-8-15(23)16(24)11-13/h7-12,14,17H,3-6H2,1-2H3/t17-/m1/s1. The summed E-state index contributed by atoms with van der Waals surface area (Å²) < 4.78 is 28.8. The van der Waals surface area contributed by atoms with E-state index in [0.717, 1.165) is 31.4 Å². The van der Waals surface area contributed by atoms with Gasteiger partial charge in [0.15, 0.2) is 17.5 Å². The lowest BCUT2D eigenvalue weighted by molar-refractivity contribution is -0.120. The molecular formula is C22H22F2N6O. The Morgan fingerprint density at radius 2 is 1.97 bits per heavy atom. The first-order valence-corrected chi connectivity index (χ1v) is 10.4. The Labute approximate surface area is 178 Å². The molecule has 3 aromatic rings. The molecule has 0 saturated heterocycles. The summed E-state index contributed by atoms with van der Waals surface area (Å²) >= 11 is 0. The molecule has 31 heavy (non-hydrogen) atoms. The number of amides is 1. The highest BCUT2D eigenvalue weighted by Crippen LogP contribution is 2.40. The summed E-state index contributed by atoms with van der Waals surface area (Å²) in [7, 11) is 1.74. The van der Waals surface area contributed by atoms with Gasteiger partial charge in [-0.3, -0.25) is 9.36 Å². The Hall–Kier alpha value is -3.36. The Bertz CT molecular complexity index is 1160. The smallest absolute Gasteiger partial charge is 0.249 e. The van der Waals surface area contributed by atoms with Crippen LogP contribution >= 0.6 is 0 Å². The van der Waals surface area contributed by atoms with E-state index in [-0.39, 0.29) is 18.0 Å². The van der Waals surface area contributed by atoms with Crippen LogP contribution in [0.1, 0.15) is 32.6 Å². The number of hydrogen-bond acceptors (Lipinski definition) is 5. The maximum Gasteiger partial charge on any atom is 0.249 e. The summed E-state index contributed by atoms with van der Waals surface area (Å²) in [6.45, 7) is 2.01. The van der Waals surface area contributed by atoms with E-state index >= 15 is 0 Å². The number of halogens is 2. The lowest BCUT2D eigenvalue weighted by Crippen LogP contribution is -2.57. The van der Waals surface area contributed by atoms with Crippen LogP contribution < -0.4 is 9.80 Å². The molecule has 3 heterocycles. The molecule has 1 aliphatic carbocycles. The summed E-state index contributed by atoms with van der Waals surface area (Å²) in [5.74, 6) is -0.335. The van der Waals surface area contributed by atoms with E-state index in [1.54, 1.807) is 35.1 Å². The fourth-order valence-corrected chi connectivity index (χ4v) is 4.29. The van der Waals surface area contributed by atoms with Crippen LogP contribution in [0.25, 0.3) is 17.3 Å². The van der Waals surface area contributed by atoms with E-state index in [1.165, 1.54) is 6.07 Å². The van der Waals surface area contributed by atoms with Gasteiger partial charge >= 0.3 is 0 Å². The summed E-state index contributed by atoms with van der Waals surface area (Å²) in [4.78, 5) is 30.3. The minimum Gasteiger partial charge on any atom is -0.340 e. The molecule has 7 nitrogen and oxygen atoms in total. The van der Waals surface area contributed by atoms with E-state index in [9.17, 15) is 13.6 Å². The van der Waals surface area contributed by atoms with Crippen LogP contribution in [0.15, 0.2) is 36.8 Å². The fraction of sp³-hybridized carbons (Fsp3) is 0.364. The number of nitrogens with zero attached hydrogens (tertiary/aromatic N) is 6. The molecule has 1 fully saturated rings. The average Bonchev–Trinajstić information content (AvgIpc) is 3.22. The van der Waals surface area contributed by atoms with Gasteiger partial charge in [0.2, 0.25) is 11.9 Å².